The van der Waals surface area contributed by atoms with Crippen LogP contribution < -0.4 is 4.74 Å². The quantitative estimate of drug-likeness (QED) is 0.299. The Labute approximate surface area is 218 Å². The van der Waals surface area contributed by atoms with Gasteiger partial charge in [-0.2, -0.15) is 13.2 Å². The summed E-state index contributed by atoms with van der Waals surface area (Å²) in [5.74, 6) is 0.686. The number of rotatable bonds is 7. The molecule has 202 valence electrons. The Morgan fingerprint density at radius 1 is 1.08 bits per heavy atom. The van der Waals surface area contributed by atoms with Crippen LogP contribution in [0.15, 0.2) is 36.5 Å². The summed E-state index contributed by atoms with van der Waals surface area (Å²) in [5, 5.41) is 8.76. The van der Waals surface area contributed by atoms with Gasteiger partial charge in [-0.15, -0.1) is 10.2 Å². The maximum atomic E-state index is 14.0. The smallest absolute Gasteiger partial charge is 0.419 e. The van der Waals surface area contributed by atoms with Crippen molar-refractivity contribution in [1.82, 2.24) is 29.5 Å². The normalized spacial score (nSPS) is 20.5. The van der Waals surface area contributed by atoms with E-state index in [4.69, 9.17) is 14.5 Å². The number of fused-ring (bicyclic) bond motifs is 3. The summed E-state index contributed by atoms with van der Waals surface area (Å²) in [6.45, 7) is 4.99. The average molecular weight is 529 g/mol. The fourth-order valence-electron chi connectivity index (χ4n) is 5.08. The van der Waals surface area contributed by atoms with Gasteiger partial charge in [-0.05, 0) is 77.5 Å². The molecule has 1 aliphatic heterocycles. The summed E-state index contributed by atoms with van der Waals surface area (Å²) in [6.07, 6.45) is -0.575. The first-order chi connectivity index (χ1) is 18.1. The van der Waals surface area contributed by atoms with E-state index in [2.05, 4.69) is 15.2 Å². The lowest BCUT2D eigenvalue weighted by atomic mass is 9.92. The Morgan fingerprint density at radius 3 is 2.55 bits per heavy atom. The third kappa shape index (κ3) is 5.44. The number of alkyl halides is 3. The minimum atomic E-state index is -4.57. The van der Waals surface area contributed by atoms with Gasteiger partial charge in [0.05, 0.1) is 36.3 Å². The van der Waals surface area contributed by atoms with Gasteiger partial charge in [0.25, 0.3) is 0 Å². The van der Waals surface area contributed by atoms with Gasteiger partial charge in [0.15, 0.2) is 11.3 Å². The summed E-state index contributed by atoms with van der Waals surface area (Å²) in [6, 6.07) is 7.50. The van der Waals surface area contributed by atoms with Gasteiger partial charge in [0, 0.05) is 18.0 Å². The van der Waals surface area contributed by atoms with Gasteiger partial charge in [-0.1, -0.05) is 0 Å². The molecule has 1 aliphatic rings. The molecule has 0 amide bonds. The summed E-state index contributed by atoms with van der Waals surface area (Å²) in [4.78, 5) is 11.2. The highest BCUT2D eigenvalue weighted by molar-refractivity contribution is 5.77. The summed E-state index contributed by atoms with van der Waals surface area (Å²) >= 11 is 0. The van der Waals surface area contributed by atoms with E-state index in [1.165, 1.54) is 6.07 Å². The standard InChI is InChI=1S/C27H31F3N6O2/c1-16-12-19(13-17(2)38-16)25-34-33-24-15-31-22-8-7-21(32-26(22)36(24)25)18-6-9-23(20(14-18)27(28,29)30)37-11-5-10-35(3)4/h6-9,14-17,19H,5,10-13H2,1-4H3/t16-,17+,19?. The predicted octanol–water partition coefficient (Wildman–Crippen LogP) is 5.36. The summed E-state index contributed by atoms with van der Waals surface area (Å²) < 4.78 is 55.2. The molecule has 1 unspecified atom stereocenters. The van der Waals surface area contributed by atoms with Crippen molar-refractivity contribution in [3.8, 4) is 17.0 Å². The molecule has 1 fully saturated rings. The molecule has 4 aromatic rings. The first-order valence-corrected chi connectivity index (χ1v) is 12.8. The average Bonchev–Trinajstić information content (AvgIpc) is 3.30. The van der Waals surface area contributed by atoms with Crippen LogP contribution in [-0.4, -0.2) is 68.9 Å². The van der Waals surface area contributed by atoms with Crippen LogP contribution in [-0.2, 0) is 10.9 Å². The molecule has 3 aromatic heterocycles. The number of aromatic nitrogens is 5. The Balaban J connectivity index is 1.54. The van der Waals surface area contributed by atoms with Crippen LogP contribution >= 0.6 is 0 Å². The van der Waals surface area contributed by atoms with Crippen LogP contribution in [0.3, 0.4) is 0 Å². The zero-order valence-corrected chi connectivity index (χ0v) is 21.9. The second kappa shape index (κ2) is 10.5. The van der Waals surface area contributed by atoms with Gasteiger partial charge < -0.3 is 14.4 Å². The molecular weight excluding hydrogens is 497 g/mol. The highest BCUT2D eigenvalue weighted by atomic mass is 19.4. The molecule has 0 aliphatic carbocycles. The molecule has 1 aromatic carbocycles. The Hall–Kier alpha value is -3.31. The first-order valence-electron chi connectivity index (χ1n) is 12.8. The van der Waals surface area contributed by atoms with Crippen molar-refractivity contribution in [2.24, 2.45) is 0 Å². The molecule has 38 heavy (non-hydrogen) atoms. The monoisotopic (exact) mass is 528 g/mol. The fraction of sp³-hybridized carbons (Fsp3) is 0.481. The van der Waals surface area contributed by atoms with E-state index in [9.17, 15) is 13.2 Å². The highest BCUT2D eigenvalue weighted by Crippen LogP contribution is 2.39. The lowest BCUT2D eigenvalue weighted by Gasteiger charge is -2.31. The third-order valence-corrected chi connectivity index (χ3v) is 6.75. The maximum absolute atomic E-state index is 14.0. The van der Waals surface area contributed by atoms with Crippen molar-refractivity contribution in [1.29, 1.82) is 0 Å². The van der Waals surface area contributed by atoms with Crippen molar-refractivity contribution >= 4 is 16.8 Å². The number of pyridine rings is 1. The van der Waals surface area contributed by atoms with Gasteiger partial charge >= 0.3 is 6.18 Å². The number of ether oxygens (including phenoxy) is 2. The molecule has 1 saturated heterocycles. The van der Waals surface area contributed by atoms with Gasteiger partial charge in [-0.3, -0.25) is 4.40 Å². The largest absolute Gasteiger partial charge is 0.493 e. The lowest BCUT2D eigenvalue weighted by molar-refractivity contribution is -0.138. The van der Waals surface area contributed by atoms with Crippen LogP contribution in [0.25, 0.3) is 28.1 Å². The highest BCUT2D eigenvalue weighted by Gasteiger charge is 2.35. The number of benzene rings is 1. The van der Waals surface area contributed by atoms with Crippen LogP contribution in [0.4, 0.5) is 13.2 Å². The zero-order chi connectivity index (χ0) is 27.0. The molecule has 0 spiro atoms. The topological polar surface area (TPSA) is 77.7 Å². The maximum Gasteiger partial charge on any atom is 0.419 e. The Bertz CT molecular complexity index is 1430. The molecule has 5 rings (SSSR count). The van der Waals surface area contributed by atoms with Crippen LogP contribution in [0.5, 0.6) is 5.75 Å². The molecular formula is C27H31F3N6O2. The number of hydrogen-bond acceptors (Lipinski definition) is 7. The van der Waals surface area contributed by atoms with E-state index in [0.717, 1.165) is 31.3 Å². The molecule has 8 nitrogen and oxygen atoms in total. The SMILES string of the molecule is C[C@@H]1CC(c2nnc3cnc4ccc(-c5ccc(OCCCN(C)C)c(C(F)(F)F)c5)nc4n23)C[C@H](C)O1. The van der Waals surface area contributed by atoms with Crippen molar-refractivity contribution in [3.63, 3.8) is 0 Å². The minimum absolute atomic E-state index is 0.0807. The van der Waals surface area contributed by atoms with E-state index < -0.39 is 11.7 Å². The molecule has 4 heterocycles. The van der Waals surface area contributed by atoms with Crippen LogP contribution in [0.2, 0.25) is 0 Å². The minimum Gasteiger partial charge on any atom is -0.493 e. The van der Waals surface area contributed by atoms with E-state index in [1.807, 2.05) is 37.2 Å². The Kier molecular flexibility index (Phi) is 7.23. The van der Waals surface area contributed by atoms with Gasteiger partial charge in [0.1, 0.15) is 17.1 Å². The van der Waals surface area contributed by atoms with E-state index in [-0.39, 0.29) is 30.5 Å². The van der Waals surface area contributed by atoms with Gasteiger partial charge in [-0.25, -0.2) is 9.97 Å². The van der Waals surface area contributed by atoms with Crippen molar-refractivity contribution < 1.29 is 22.6 Å². The van der Waals surface area contributed by atoms with Gasteiger partial charge in [0.2, 0.25) is 0 Å². The van der Waals surface area contributed by atoms with E-state index in [0.29, 0.717) is 34.5 Å². The molecule has 0 bridgehead atoms. The van der Waals surface area contributed by atoms with E-state index in [1.54, 1.807) is 24.4 Å². The number of halogens is 3. The molecule has 0 saturated carbocycles. The summed E-state index contributed by atoms with van der Waals surface area (Å²) in [5.41, 5.74) is 1.55. The van der Waals surface area contributed by atoms with E-state index >= 15 is 0 Å². The molecule has 0 radical (unpaired) electrons. The Morgan fingerprint density at radius 2 is 1.84 bits per heavy atom. The van der Waals surface area contributed by atoms with Crippen LogP contribution in [0, 0.1) is 0 Å². The van der Waals surface area contributed by atoms with Crippen molar-refractivity contribution in [2.45, 2.75) is 57.4 Å². The lowest BCUT2D eigenvalue weighted by Crippen LogP contribution is -2.29. The third-order valence-electron chi connectivity index (χ3n) is 6.75. The first kappa shape index (κ1) is 26.3. The fourth-order valence-corrected chi connectivity index (χ4v) is 5.08. The van der Waals surface area contributed by atoms with Crippen molar-refractivity contribution in [2.75, 3.05) is 27.2 Å². The molecule has 3 atom stereocenters. The molecule has 11 heteroatoms. The predicted molar refractivity (Wildman–Crippen MR) is 137 cm³/mol. The van der Waals surface area contributed by atoms with Crippen LogP contribution in [0.1, 0.15) is 50.4 Å². The zero-order valence-electron chi connectivity index (χ0n) is 21.9. The second-order valence-electron chi connectivity index (χ2n) is 10.2. The number of nitrogens with zero attached hydrogens (tertiary/aromatic N) is 6. The van der Waals surface area contributed by atoms with Crippen molar-refractivity contribution in [3.05, 3.63) is 47.9 Å². The molecule has 0 N–H and O–H groups in total. The number of hydrogen-bond donors (Lipinski definition) is 0. The second-order valence-corrected chi connectivity index (χ2v) is 10.2. The summed E-state index contributed by atoms with van der Waals surface area (Å²) in [7, 11) is 3.81.